The molecule has 0 radical (unpaired) electrons. The summed E-state index contributed by atoms with van der Waals surface area (Å²) in [7, 11) is -2.95. The lowest BCUT2D eigenvalue weighted by atomic mass is 10.2. The van der Waals surface area contributed by atoms with Gasteiger partial charge in [-0.05, 0) is 12.1 Å². The third kappa shape index (κ3) is 1.93. The van der Waals surface area contributed by atoms with Crippen LogP contribution in [0.15, 0.2) is 29.2 Å². The first-order valence-corrected chi connectivity index (χ1v) is 5.80. The molecule has 1 aromatic rings. The van der Waals surface area contributed by atoms with Crippen molar-refractivity contribution < 1.29 is 14.1 Å². The minimum absolute atomic E-state index is 0.0469. The highest BCUT2D eigenvalue weighted by Crippen LogP contribution is 2.17. The smallest absolute Gasteiger partial charge is 0.336 e. The van der Waals surface area contributed by atoms with E-state index in [1.165, 1.54) is 12.1 Å². The number of carboxylic acids is 1. The predicted molar refractivity (Wildman–Crippen MR) is 53.1 cm³/mol. The third-order valence-corrected chi connectivity index (χ3v) is 3.76. The minimum atomic E-state index is -2.95. The van der Waals surface area contributed by atoms with E-state index in [-0.39, 0.29) is 16.2 Å². The molecular formula is C9H11NO3S. The molecule has 0 aromatic heterocycles. The number of benzene rings is 1. The Bertz CT molecular complexity index is 451. The summed E-state index contributed by atoms with van der Waals surface area (Å²) >= 11 is 0. The van der Waals surface area contributed by atoms with E-state index in [4.69, 9.17) is 9.89 Å². The molecule has 0 saturated heterocycles. The average Bonchev–Trinajstić information content (AvgIpc) is 2.18. The first-order chi connectivity index (χ1) is 6.49. The van der Waals surface area contributed by atoms with Gasteiger partial charge in [0.15, 0.2) is 0 Å². The minimum Gasteiger partial charge on any atom is -0.478 e. The highest BCUT2D eigenvalue weighted by Gasteiger charge is 2.16. The second kappa shape index (κ2) is 3.79. The van der Waals surface area contributed by atoms with Gasteiger partial charge in [-0.25, -0.2) is 13.8 Å². The molecule has 0 amide bonds. The van der Waals surface area contributed by atoms with Gasteiger partial charge in [-0.1, -0.05) is 19.1 Å². The predicted octanol–water partition coefficient (Wildman–Crippen LogP) is 1.81. The maximum absolute atomic E-state index is 11.7. The summed E-state index contributed by atoms with van der Waals surface area (Å²) in [5, 5.41) is 8.82. The molecule has 0 aliphatic carbocycles. The molecule has 1 rings (SSSR count). The molecule has 0 saturated carbocycles. The van der Waals surface area contributed by atoms with Gasteiger partial charge >= 0.3 is 5.97 Å². The van der Waals surface area contributed by atoms with Gasteiger partial charge in [0.05, 0.1) is 20.2 Å². The molecule has 5 heteroatoms. The number of rotatable bonds is 3. The van der Waals surface area contributed by atoms with E-state index in [2.05, 4.69) is 0 Å². The van der Waals surface area contributed by atoms with Crippen LogP contribution in [0.4, 0.5) is 0 Å². The lowest BCUT2D eigenvalue weighted by Gasteiger charge is -2.07. The van der Waals surface area contributed by atoms with Gasteiger partial charge < -0.3 is 5.11 Å². The Hall–Kier alpha value is -1.36. The van der Waals surface area contributed by atoms with Crippen molar-refractivity contribution in [3.8, 4) is 0 Å². The van der Waals surface area contributed by atoms with Crippen LogP contribution in [0.25, 0.3) is 0 Å². The fourth-order valence-corrected chi connectivity index (χ4v) is 2.21. The van der Waals surface area contributed by atoms with Crippen LogP contribution in [-0.2, 0) is 9.73 Å². The van der Waals surface area contributed by atoms with Crippen molar-refractivity contribution in [3.63, 3.8) is 0 Å². The molecule has 0 aliphatic rings. The molecule has 14 heavy (non-hydrogen) atoms. The molecule has 0 aliphatic heterocycles. The summed E-state index contributed by atoms with van der Waals surface area (Å²) in [5.74, 6) is -1.02. The summed E-state index contributed by atoms with van der Waals surface area (Å²) in [5.41, 5.74) is -0.0469. The Morgan fingerprint density at radius 2 is 2.07 bits per heavy atom. The lowest BCUT2D eigenvalue weighted by molar-refractivity contribution is 0.0693. The van der Waals surface area contributed by atoms with Crippen molar-refractivity contribution >= 4 is 15.7 Å². The first kappa shape index (κ1) is 10.7. The van der Waals surface area contributed by atoms with Gasteiger partial charge in [0.2, 0.25) is 0 Å². The Kier molecular flexibility index (Phi) is 2.90. The summed E-state index contributed by atoms with van der Waals surface area (Å²) in [6.07, 6.45) is 0. The number of carboxylic acid groups (broad SMARTS) is 1. The zero-order valence-corrected chi connectivity index (χ0v) is 8.50. The number of nitrogens with one attached hydrogen (secondary N) is 1. The largest absolute Gasteiger partial charge is 0.478 e. The molecule has 0 fully saturated rings. The summed E-state index contributed by atoms with van der Waals surface area (Å²) < 4.78 is 19.2. The van der Waals surface area contributed by atoms with Crippen LogP contribution in [0, 0.1) is 4.78 Å². The van der Waals surface area contributed by atoms with Crippen LogP contribution in [-0.4, -0.2) is 21.0 Å². The number of aromatic carboxylic acids is 1. The van der Waals surface area contributed by atoms with Gasteiger partial charge in [-0.2, -0.15) is 0 Å². The monoisotopic (exact) mass is 213 g/mol. The van der Waals surface area contributed by atoms with Gasteiger partial charge in [-0.3, -0.25) is 0 Å². The Morgan fingerprint density at radius 3 is 2.57 bits per heavy atom. The van der Waals surface area contributed by atoms with Gasteiger partial charge in [0.25, 0.3) is 0 Å². The molecule has 4 nitrogen and oxygen atoms in total. The second-order valence-electron chi connectivity index (χ2n) is 2.77. The SMILES string of the molecule is CC[S@](=N)(=O)c1ccccc1C(=O)O. The van der Waals surface area contributed by atoms with E-state index >= 15 is 0 Å². The van der Waals surface area contributed by atoms with E-state index in [9.17, 15) is 9.00 Å². The van der Waals surface area contributed by atoms with E-state index in [1.54, 1.807) is 19.1 Å². The van der Waals surface area contributed by atoms with Crippen LogP contribution in [0.3, 0.4) is 0 Å². The number of hydrogen-bond acceptors (Lipinski definition) is 3. The molecule has 1 atom stereocenters. The first-order valence-electron chi connectivity index (χ1n) is 4.08. The zero-order chi connectivity index (χ0) is 10.8. The van der Waals surface area contributed by atoms with Crippen LogP contribution >= 0.6 is 0 Å². The lowest BCUT2D eigenvalue weighted by Crippen LogP contribution is -2.09. The van der Waals surface area contributed by atoms with Crippen molar-refractivity contribution in [2.24, 2.45) is 0 Å². The highest BCUT2D eigenvalue weighted by molar-refractivity contribution is 7.92. The van der Waals surface area contributed by atoms with Crippen molar-refractivity contribution in [1.29, 1.82) is 4.78 Å². The van der Waals surface area contributed by atoms with Crippen molar-refractivity contribution in [2.45, 2.75) is 11.8 Å². The summed E-state index contributed by atoms with van der Waals surface area (Å²) in [6.45, 7) is 1.61. The zero-order valence-electron chi connectivity index (χ0n) is 7.69. The molecule has 0 bridgehead atoms. The molecule has 76 valence electrons. The maximum atomic E-state index is 11.7. The summed E-state index contributed by atoms with van der Waals surface area (Å²) in [4.78, 5) is 10.9. The van der Waals surface area contributed by atoms with Crippen LogP contribution in [0.5, 0.6) is 0 Å². The van der Waals surface area contributed by atoms with E-state index in [0.717, 1.165) is 0 Å². The molecule has 0 spiro atoms. The standard InChI is InChI=1S/C9H11NO3S/c1-2-14(10,13)8-6-4-3-5-7(8)9(11)12/h3-6,10H,2H2,1H3,(H,11,12)/t14-/m0/s1. The van der Waals surface area contributed by atoms with Gasteiger partial charge in [0.1, 0.15) is 0 Å². The fourth-order valence-electron chi connectivity index (χ4n) is 1.09. The van der Waals surface area contributed by atoms with E-state index in [0.29, 0.717) is 0 Å². The number of hydrogen-bond donors (Lipinski definition) is 2. The van der Waals surface area contributed by atoms with Crippen molar-refractivity contribution in [1.82, 2.24) is 0 Å². The second-order valence-corrected chi connectivity index (χ2v) is 5.13. The van der Waals surface area contributed by atoms with Crippen molar-refractivity contribution in [2.75, 3.05) is 5.75 Å². The molecule has 1 aromatic carbocycles. The van der Waals surface area contributed by atoms with E-state index < -0.39 is 15.7 Å². The molecule has 0 heterocycles. The van der Waals surface area contributed by atoms with Crippen LogP contribution < -0.4 is 0 Å². The van der Waals surface area contributed by atoms with Crippen LogP contribution in [0.2, 0.25) is 0 Å². The summed E-state index contributed by atoms with van der Waals surface area (Å²) in [6, 6.07) is 5.94. The normalized spacial score (nSPS) is 14.6. The molecular weight excluding hydrogens is 202 g/mol. The third-order valence-electron chi connectivity index (χ3n) is 1.88. The Balaban J connectivity index is 3.42. The fraction of sp³-hybridized carbons (Fsp3) is 0.222. The van der Waals surface area contributed by atoms with E-state index in [1.807, 2.05) is 0 Å². The molecule has 2 N–H and O–H groups in total. The molecule has 0 unspecified atom stereocenters. The highest BCUT2D eigenvalue weighted by atomic mass is 32.2. The van der Waals surface area contributed by atoms with Gasteiger partial charge in [0, 0.05) is 5.75 Å². The quantitative estimate of drug-likeness (QED) is 0.803. The Morgan fingerprint density at radius 1 is 1.50 bits per heavy atom. The van der Waals surface area contributed by atoms with Crippen LogP contribution in [0.1, 0.15) is 17.3 Å². The maximum Gasteiger partial charge on any atom is 0.336 e. The van der Waals surface area contributed by atoms with Crippen molar-refractivity contribution in [3.05, 3.63) is 29.8 Å². The average molecular weight is 213 g/mol. The van der Waals surface area contributed by atoms with Gasteiger partial charge in [-0.15, -0.1) is 0 Å². The number of carbonyl (C=O) groups is 1. The topological polar surface area (TPSA) is 78.2 Å². The Labute approximate surface area is 82.6 Å².